The molecule has 0 heterocycles. The van der Waals surface area contributed by atoms with Crippen LogP contribution in [0.3, 0.4) is 0 Å². The SMILES string of the molecule is CC(Cl)CCc1ccccc1OC(F)(F)F. The molecule has 0 saturated heterocycles. The normalized spacial score (nSPS) is 13.6. The molecule has 0 bridgehead atoms. The molecule has 1 aromatic carbocycles. The number of halogens is 4. The standard InChI is InChI=1S/C11H12ClF3O/c1-8(12)6-7-9-4-2-3-5-10(9)16-11(13,14)15/h2-5,8H,6-7H2,1H3. The average Bonchev–Trinajstić information content (AvgIpc) is 2.14. The third-order valence-corrected chi connectivity index (χ3v) is 2.23. The summed E-state index contributed by atoms with van der Waals surface area (Å²) in [7, 11) is 0. The number of hydrogen-bond acceptors (Lipinski definition) is 1. The van der Waals surface area contributed by atoms with Crippen LogP contribution in [-0.2, 0) is 6.42 Å². The first-order chi connectivity index (χ1) is 7.38. The third kappa shape index (κ3) is 4.75. The molecule has 0 fully saturated rings. The lowest BCUT2D eigenvalue weighted by Gasteiger charge is -2.13. The quantitative estimate of drug-likeness (QED) is 0.732. The van der Waals surface area contributed by atoms with Crippen LogP contribution in [0, 0.1) is 0 Å². The fraction of sp³-hybridized carbons (Fsp3) is 0.455. The van der Waals surface area contributed by atoms with E-state index in [2.05, 4.69) is 4.74 Å². The first kappa shape index (κ1) is 13.2. The molecule has 1 aromatic rings. The molecular weight excluding hydrogens is 241 g/mol. The zero-order valence-corrected chi connectivity index (χ0v) is 9.48. The summed E-state index contributed by atoms with van der Waals surface area (Å²) in [5, 5.41) is -0.0704. The summed E-state index contributed by atoms with van der Waals surface area (Å²) in [4.78, 5) is 0. The Morgan fingerprint density at radius 1 is 1.31 bits per heavy atom. The molecule has 1 nitrogen and oxygen atoms in total. The number of hydrogen-bond donors (Lipinski definition) is 0. The van der Waals surface area contributed by atoms with Crippen LogP contribution in [0.4, 0.5) is 13.2 Å². The Morgan fingerprint density at radius 2 is 1.94 bits per heavy atom. The lowest BCUT2D eigenvalue weighted by Crippen LogP contribution is -2.18. The minimum atomic E-state index is -4.65. The van der Waals surface area contributed by atoms with Gasteiger partial charge in [0.1, 0.15) is 5.75 Å². The molecule has 5 heteroatoms. The zero-order chi connectivity index (χ0) is 12.2. The number of para-hydroxylation sites is 1. The molecule has 16 heavy (non-hydrogen) atoms. The molecule has 0 aromatic heterocycles. The van der Waals surface area contributed by atoms with Gasteiger partial charge in [0.05, 0.1) is 0 Å². The van der Waals surface area contributed by atoms with E-state index in [1.54, 1.807) is 19.1 Å². The van der Waals surface area contributed by atoms with Gasteiger partial charge in [0, 0.05) is 5.38 Å². The lowest BCUT2D eigenvalue weighted by atomic mass is 10.1. The van der Waals surface area contributed by atoms with Crippen molar-refractivity contribution in [2.45, 2.75) is 31.5 Å². The monoisotopic (exact) mass is 252 g/mol. The van der Waals surface area contributed by atoms with E-state index < -0.39 is 6.36 Å². The summed E-state index contributed by atoms with van der Waals surface area (Å²) in [5.74, 6) is -0.146. The van der Waals surface area contributed by atoms with Gasteiger partial charge in [0.2, 0.25) is 0 Å². The van der Waals surface area contributed by atoms with Gasteiger partial charge >= 0.3 is 6.36 Å². The zero-order valence-electron chi connectivity index (χ0n) is 8.72. The van der Waals surface area contributed by atoms with Crippen LogP contribution in [0.2, 0.25) is 0 Å². The van der Waals surface area contributed by atoms with Gasteiger partial charge in [0.25, 0.3) is 0 Å². The second-order valence-corrected chi connectivity index (χ2v) is 4.22. The highest BCUT2D eigenvalue weighted by atomic mass is 35.5. The van der Waals surface area contributed by atoms with Crippen molar-refractivity contribution in [3.8, 4) is 5.75 Å². The molecule has 0 amide bonds. The molecule has 90 valence electrons. The van der Waals surface area contributed by atoms with E-state index >= 15 is 0 Å². The Hall–Kier alpha value is -0.900. The lowest BCUT2D eigenvalue weighted by molar-refractivity contribution is -0.274. The highest BCUT2D eigenvalue weighted by molar-refractivity contribution is 6.20. The highest BCUT2D eigenvalue weighted by Gasteiger charge is 2.31. The van der Waals surface area contributed by atoms with Gasteiger partial charge in [-0.25, -0.2) is 0 Å². The van der Waals surface area contributed by atoms with Crippen molar-refractivity contribution >= 4 is 11.6 Å². The molecule has 0 N–H and O–H groups in total. The predicted octanol–water partition coefficient (Wildman–Crippen LogP) is 4.15. The van der Waals surface area contributed by atoms with E-state index in [0.29, 0.717) is 18.4 Å². The number of ether oxygens (including phenoxy) is 1. The Labute approximate surface area is 97.2 Å². The van der Waals surface area contributed by atoms with Gasteiger partial charge in [-0.1, -0.05) is 18.2 Å². The molecule has 0 radical (unpaired) electrons. The maximum Gasteiger partial charge on any atom is 0.573 e. The summed E-state index contributed by atoms with van der Waals surface area (Å²) in [6.45, 7) is 1.80. The smallest absolute Gasteiger partial charge is 0.406 e. The number of alkyl halides is 4. The number of rotatable bonds is 4. The van der Waals surface area contributed by atoms with Crippen molar-refractivity contribution in [3.05, 3.63) is 29.8 Å². The van der Waals surface area contributed by atoms with Gasteiger partial charge in [-0.3, -0.25) is 0 Å². The Balaban J connectivity index is 2.75. The molecule has 0 aliphatic carbocycles. The first-order valence-corrected chi connectivity index (χ1v) is 5.30. The van der Waals surface area contributed by atoms with Crippen LogP contribution in [0.1, 0.15) is 18.9 Å². The highest BCUT2D eigenvalue weighted by Crippen LogP contribution is 2.27. The largest absolute Gasteiger partial charge is 0.573 e. The fourth-order valence-electron chi connectivity index (χ4n) is 1.29. The second kappa shape index (κ2) is 5.43. The second-order valence-electron chi connectivity index (χ2n) is 3.47. The first-order valence-electron chi connectivity index (χ1n) is 4.86. The molecule has 0 spiro atoms. The Bertz CT molecular complexity index is 336. The van der Waals surface area contributed by atoms with Gasteiger partial charge in [-0.05, 0) is 31.4 Å². The van der Waals surface area contributed by atoms with E-state index in [1.165, 1.54) is 12.1 Å². The van der Waals surface area contributed by atoms with Gasteiger partial charge in [-0.2, -0.15) is 0 Å². The van der Waals surface area contributed by atoms with Gasteiger partial charge in [-0.15, -0.1) is 24.8 Å². The van der Waals surface area contributed by atoms with Crippen LogP contribution in [0.5, 0.6) is 5.75 Å². The molecular formula is C11H12ClF3O. The van der Waals surface area contributed by atoms with E-state index in [1.807, 2.05) is 0 Å². The van der Waals surface area contributed by atoms with Crippen molar-refractivity contribution in [2.75, 3.05) is 0 Å². The maximum atomic E-state index is 12.1. The minimum Gasteiger partial charge on any atom is -0.406 e. The topological polar surface area (TPSA) is 9.23 Å². The van der Waals surface area contributed by atoms with Crippen LogP contribution < -0.4 is 4.74 Å². The molecule has 1 rings (SSSR count). The minimum absolute atomic E-state index is 0.0704. The van der Waals surface area contributed by atoms with Crippen LogP contribution in [-0.4, -0.2) is 11.7 Å². The fourth-order valence-corrected chi connectivity index (χ4v) is 1.40. The number of aryl methyl sites for hydroxylation is 1. The Kier molecular flexibility index (Phi) is 4.47. The van der Waals surface area contributed by atoms with Crippen LogP contribution in [0.15, 0.2) is 24.3 Å². The summed E-state index contributed by atoms with van der Waals surface area (Å²) in [5.41, 5.74) is 0.521. The van der Waals surface area contributed by atoms with E-state index in [0.717, 1.165) is 0 Å². The van der Waals surface area contributed by atoms with Gasteiger partial charge in [0.15, 0.2) is 0 Å². The van der Waals surface area contributed by atoms with Crippen LogP contribution >= 0.6 is 11.6 Å². The molecule has 1 atom stereocenters. The molecule has 0 saturated carbocycles. The number of benzene rings is 1. The van der Waals surface area contributed by atoms with Crippen molar-refractivity contribution in [2.24, 2.45) is 0 Å². The summed E-state index contributed by atoms with van der Waals surface area (Å²) in [6, 6.07) is 6.11. The van der Waals surface area contributed by atoms with E-state index in [9.17, 15) is 13.2 Å². The van der Waals surface area contributed by atoms with Crippen molar-refractivity contribution in [3.63, 3.8) is 0 Å². The average molecular weight is 253 g/mol. The van der Waals surface area contributed by atoms with Crippen molar-refractivity contribution < 1.29 is 17.9 Å². The predicted molar refractivity (Wildman–Crippen MR) is 56.8 cm³/mol. The summed E-state index contributed by atoms with van der Waals surface area (Å²) in [6.07, 6.45) is -3.57. The summed E-state index contributed by atoms with van der Waals surface area (Å²) < 4.78 is 40.1. The van der Waals surface area contributed by atoms with Gasteiger partial charge < -0.3 is 4.74 Å². The molecule has 0 aliphatic rings. The van der Waals surface area contributed by atoms with Crippen molar-refractivity contribution in [1.82, 2.24) is 0 Å². The third-order valence-electron chi connectivity index (χ3n) is 2.01. The maximum absolute atomic E-state index is 12.1. The van der Waals surface area contributed by atoms with E-state index in [4.69, 9.17) is 11.6 Å². The van der Waals surface area contributed by atoms with E-state index in [-0.39, 0.29) is 11.1 Å². The van der Waals surface area contributed by atoms with Crippen LogP contribution in [0.25, 0.3) is 0 Å². The molecule has 0 aliphatic heterocycles. The summed E-state index contributed by atoms with van der Waals surface area (Å²) >= 11 is 5.75. The Morgan fingerprint density at radius 3 is 2.50 bits per heavy atom. The van der Waals surface area contributed by atoms with Crippen molar-refractivity contribution in [1.29, 1.82) is 0 Å². The molecule has 1 unspecified atom stereocenters.